The molecule has 1 fully saturated rings. The molecule has 4 aromatic rings. The van der Waals surface area contributed by atoms with Gasteiger partial charge < -0.3 is 49.5 Å². The lowest BCUT2D eigenvalue weighted by molar-refractivity contribution is -0.870. The van der Waals surface area contributed by atoms with E-state index in [1.807, 2.05) is 51.0 Å². The van der Waals surface area contributed by atoms with Gasteiger partial charge in [0, 0.05) is 36.6 Å². The standard InChI is InChI=1S/C39H54N9O10P/c1-46-33-15-12-28(22-32(33)44-35(46)23-43-29-13-10-27(11-14-29)37(40)45-39(52)56-24-30-8-7-18-41-30)38(51)47(34-9-5-6-17-42-34)19-16-36(50)55-25-31(49)26-58-59(53,54)57-21-20-48(2,3)4/h7-8,10-15,18,22,31,34,41-42,49H,5-6,9,16-17,19-21,23-26H2,1-4H3,(H3-,40,43,45,52,53,54)/p+1. The number of carbonyl (C=O) groups excluding carboxylic acids is 3. The molecule has 5 rings (SSSR count). The van der Waals surface area contributed by atoms with Crippen molar-refractivity contribution in [2.75, 3.05) is 65.9 Å². The van der Waals surface area contributed by atoms with Crippen LogP contribution in [-0.2, 0) is 48.1 Å². The number of aliphatic hydroxyl groups is 1. The lowest BCUT2D eigenvalue weighted by Gasteiger charge is -2.35. The highest BCUT2D eigenvalue weighted by Crippen LogP contribution is 2.43. The van der Waals surface area contributed by atoms with Gasteiger partial charge in [-0.15, -0.1) is 0 Å². The number of aromatic nitrogens is 3. The molecular weight excluding hydrogens is 785 g/mol. The first-order valence-corrected chi connectivity index (χ1v) is 20.8. The Balaban J connectivity index is 1.14. The summed E-state index contributed by atoms with van der Waals surface area (Å²) in [5.74, 6) is -0.190. The summed E-state index contributed by atoms with van der Waals surface area (Å²) in [5, 5.41) is 16.9. The minimum absolute atomic E-state index is 0.0217. The van der Waals surface area contributed by atoms with Crippen LogP contribution in [0.4, 0.5) is 10.5 Å². The van der Waals surface area contributed by atoms with Crippen molar-refractivity contribution in [3.8, 4) is 0 Å². The molecule has 0 spiro atoms. The summed E-state index contributed by atoms with van der Waals surface area (Å²) >= 11 is 0. The van der Waals surface area contributed by atoms with Crippen LogP contribution in [-0.4, -0.2) is 131 Å². The SMILES string of the molecule is Cn1c(CNc2ccc(/C(N)=N/C(=O)OCc3ccc[nH]3)cc2)nc2cc(C(=O)N(CCC(=O)OCC(O)COP(=O)(O)OCC[N+](C)(C)C)C3CCCCN3)ccc21. The van der Waals surface area contributed by atoms with Crippen molar-refractivity contribution in [2.24, 2.45) is 17.8 Å². The normalized spacial score (nSPS) is 16.3. The van der Waals surface area contributed by atoms with Crippen molar-refractivity contribution in [3.63, 3.8) is 0 Å². The first-order valence-electron chi connectivity index (χ1n) is 19.3. The molecule has 59 heavy (non-hydrogen) atoms. The number of H-pyrrole nitrogens is 1. The number of nitrogens with two attached hydrogens (primary N) is 1. The number of likely N-dealkylation sites (N-methyl/N-ethyl adjacent to an activating group) is 1. The number of esters is 1. The summed E-state index contributed by atoms with van der Waals surface area (Å²) in [5.41, 5.74) is 9.95. The smallest absolute Gasteiger partial charge is 0.463 e. The van der Waals surface area contributed by atoms with Gasteiger partial charge in [0.05, 0.1) is 63.6 Å². The van der Waals surface area contributed by atoms with E-state index in [0.717, 1.165) is 42.1 Å². The number of piperidine rings is 1. The molecule has 3 unspecified atom stereocenters. The van der Waals surface area contributed by atoms with E-state index in [1.54, 1.807) is 47.5 Å². The molecule has 1 saturated heterocycles. The van der Waals surface area contributed by atoms with E-state index in [9.17, 15) is 28.9 Å². The number of amidine groups is 1. The Hall–Kier alpha value is -5.14. The van der Waals surface area contributed by atoms with E-state index >= 15 is 0 Å². The van der Waals surface area contributed by atoms with Crippen molar-refractivity contribution in [1.82, 2.24) is 24.8 Å². The fourth-order valence-corrected chi connectivity index (χ4v) is 6.85. The number of aryl methyl sites for hydroxylation is 1. The van der Waals surface area contributed by atoms with E-state index in [-0.39, 0.29) is 44.1 Å². The number of hydrogen-bond donors (Lipinski definition) is 6. The number of rotatable bonds is 20. The number of nitrogens with one attached hydrogen (secondary N) is 3. The molecule has 1 aliphatic heterocycles. The zero-order chi connectivity index (χ0) is 42.6. The highest BCUT2D eigenvalue weighted by Gasteiger charge is 2.28. The molecule has 0 aliphatic carbocycles. The van der Waals surface area contributed by atoms with Gasteiger partial charge in [0.2, 0.25) is 0 Å². The average Bonchev–Trinajstić information content (AvgIpc) is 3.85. The van der Waals surface area contributed by atoms with Crippen LogP contribution in [0.25, 0.3) is 11.0 Å². The Morgan fingerprint density at radius 1 is 1.08 bits per heavy atom. The summed E-state index contributed by atoms with van der Waals surface area (Å²) in [4.78, 5) is 61.9. The Morgan fingerprint density at radius 3 is 2.54 bits per heavy atom. The van der Waals surface area contributed by atoms with Gasteiger partial charge in [-0.3, -0.25) is 24.0 Å². The van der Waals surface area contributed by atoms with Crippen LogP contribution in [0.1, 0.15) is 53.1 Å². The molecular formula is C39H55N9O10P+. The number of aliphatic imine (C=N–C) groups is 1. The molecule has 7 N–H and O–H groups in total. The third-order valence-electron chi connectivity index (χ3n) is 9.44. The van der Waals surface area contributed by atoms with Crippen LogP contribution in [0.3, 0.4) is 0 Å². The minimum Gasteiger partial charge on any atom is -0.463 e. The number of ether oxygens (including phenoxy) is 2. The largest absolute Gasteiger partial charge is 0.472 e. The third-order valence-corrected chi connectivity index (χ3v) is 10.4. The topological polar surface area (TPSA) is 245 Å². The molecule has 3 heterocycles. The summed E-state index contributed by atoms with van der Waals surface area (Å²) in [6.07, 6.45) is 1.72. The van der Waals surface area contributed by atoms with Crippen molar-refractivity contribution >= 4 is 48.3 Å². The maximum atomic E-state index is 14.0. The lowest BCUT2D eigenvalue weighted by atomic mass is 10.1. The number of hydrogen-bond acceptors (Lipinski definition) is 12. The molecule has 0 bridgehead atoms. The molecule has 20 heteroatoms. The van der Waals surface area contributed by atoms with Crippen LogP contribution < -0.4 is 16.4 Å². The number of quaternary nitrogens is 1. The second-order valence-corrected chi connectivity index (χ2v) is 16.6. The van der Waals surface area contributed by atoms with Gasteiger partial charge in [-0.25, -0.2) is 14.3 Å². The number of aromatic amines is 1. The molecule has 2 aromatic heterocycles. The molecule has 320 valence electrons. The zero-order valence-electron chi connectivity index (χ0n) is 33.8. The summed E-state index contributed by atoms with van der Waals surface area (Å²) in [6.45, 7) is 0.599. The first-order chi connectivity index (χ1) is 28.1. The number of imidazole rings is 1. The van der Waals surface area contributed by atoms with E-state index in [0.29, 0.717) is 40.6 Å². The van der Waals surface area contributed by atoms with Gasteiger partial charge in [-0.05, 0) is 80.4 Å². The number of anilines is 1. The van der Waals surface area contributed by atoms with Crippen LogP contribution in [0, 0.1) is 0 Å². The van der Waals surface area contributed by atoms with E-state index in [4.69, 9.17) is 29.2 Å². The maximum Gasteiger partial charge on any atom is 0.472 e. The van der Waals surface area contributed by atoms with Crippen LogP contribution in [0.2, 0.25) is 0 Å². The van der Waals surface area contributed by atoms with E-state index < -0.39 is 39.2 Å². The van der Waals surface area contributed by atoms with Crippen molar-refractivity contribution in [2.45, 2.75) is 51.1 Å². The summed E-state index contributed by atoms with van der Waals surface area (Å²) in [6, 6.07) is 16.0. The van der Waals surface area contributed by atoms with Gasteiger partial charge >= 0.3 is 19.9 Å². The van der Waals surface area contributed by atoms with Gasteiger partial charge in [0.25, 0.3) is 5.91 Å². The Labute approximate surface area is 342 Å². The number of phosphoric acid groups is 1. The first kappa shape index (κ1) is 45.0. The fourth-order valence-electron chi connectivity index (χ4n) is 6.11. The summed E-state index contributed by atoms with van der Waals surface area (Å²) < 4.78 is 34.7. The number of benzene rings is 2. The van der Waals surface area contributed by atoms with Gasteiger partial charge in [0.15, 0.2) is 0 Å². The lowest BCUT2D eigenvalue weighted by Crippen LogP contribution is -2.51. The molecule has 19 nitrogen and oxygen atoms in total. The van der Waals surface area contributed by atoms with Gasteiger partial charge in [-0.1, -0.05) is 0 Å². The molecule has 0 saturated carbocycles. The highest BCUT2D eigenvalue weighted by molar-refractivity contribution is 7.47. The second-order valence-electron chi connectivity index (χ2n) is 15.1. The minimum atomic E-state index is -4.40. The van der Waals surface area contributed by atoms with Crippen molar-refractivity contribution < 1.29 is 52.0 Å². The monoisotopic (exact) mass is 840 g/mol. The number of phosphoric ester groups is 1. The highest BCUT2D eigenvalue weighted by atomic mass is 31.2. The molecule has 3 atom stereocenters. The van der Waals surface area contributed by atoms with Gasteiger partial charge in [0.1, 0.15) is 44.1 Å². The number of fused-ring (bicyclic) bond motifs is 1. The van der Waals surface area contributed by atoms with Gasteiger partial charge in [-0.2, -0.15) is 4.99 Å². The summed E-state index contributed by atoms with van der Waals surface area (Å²) in [7, 11) is 3.19. The Bertz CT molecular complexity index is 2100. The average molecular weight is 841 g/mol. The third kappa shape index (κ3) is 14.0. The molecule has 2 amide bonds. The fraction of sp³-hybridized carbons (Fsp3) is 0.462. The predicted octanol–water partition coefficient (Wildman–Crippen LogP) is 3.23. The number of carbonyl (C=O) groups is 3. The molecule has 2 aromatic carbocycles. The molecule has 0 radical (unpaired) electrons. The second kappa shape index (κ2) is 20.7. The molecule has 1 aliphatic rings. The van der Waals surface area contributed by atoms with Crippen LogP contribution >= 0.6 is 7.82 Å². The van der Waals surface area contributed by atoms with Crippen LogP contribution in [0.15, 0.2) is 65.8 Å². The van der Waals surface area contributed by atoms with E-state index in [1.165, 1.54) is 0 Å². The zero-order valence-corrected chi connectivity index (χ0v) is 34.7. The van der Waals surface area contributed by atoms with E-state index in [2.05, 4.69) is 20.6 Å². The maximum absolute atomic E-state index is 14.0. The number of nitrogens with zero attached hydrogens (tertiary/aromatic N) is 5. The predicted molar refractivity (Wildman–Crippen MR) is 219 cm³/mol. The van der Waals surface area contributed by atoms with Crippen molar-refractivity contribution in [1.29, 1.82) is 0 Å². The Kier molecular flexibility index (Phi) is 15.8. The van der Waals surface area contributed by atoms with Crippen LogP contribution in [0.5, 0.6) is 0 Å². The number of amides is 2. The number of aliphatic hydroxyl groups excluding tert-OH is 1. The Morgan fingerprint density at radius 2 is 1.85 bits per heavy atom. The quantitative estimate of drug-likeness (QED) is 0.0246. The van der Waals surface area contributed by atoms with Crippen molar-refractivity contribution in [3.05, 3.63) is 83.4 Å².